The number of carboxylic acids is 1. The van der Waals surface area contributed by atoms with Crippen LogP contribution in [0.1, 0.15) is 45.2 Å². The van der Waals surface area contributed by atoms with Crippen LogP contribution >= 0.6 is 0 Å². The summed E-state index contributed by atoms with van der Waals surface area (Å²) in [6, 6.07) is 6.42. The molecule has 1 rings (SSSR count). The maximum atomic E-state index is 10.7. The number of anilines is 1. The van der Waals surface area contributed by atoms with E-state index in [4.69, 9.17) is 5.11 Å². The lowest BCUT2D eigenvalue weighted by Crippen LogP contribution is -2.15. The molecule has 0 saturated heterocycles. The van der Waals surface area contributed by atoms with Crippen molar-refractivity contribution in [1.29, 1.82) is 0 Å². The molecule has 0 heterocycles. The second kappa shape index (κ2) is 6.09. The summed E-state index contributed by atoms with van der Waals surface area (Å²) in [4.78, 5) is 10.7. The number of carboxylic acid groups (broad SMARTS) is 1. The third-order valence-corrected chi connectivity index (χ3v) is 3.41. The average Bonchev–Trinajstić information content (AvgIpc) is 2.29. The molecular formula is C16H25NO2. The Labute approximate surface area is 116 Å². The van der Waals surface area contributed by atoms with Gasteiger partial charge in [0, 0.05) is 12.2 Å². The fraction of sp³-hybridized carbons (Fsp3) is 0.562. The number of rotatable bonds is 5. The first-order valence-corrected chi connectivity index (χ1v) is 6.79. The molecule has 1 aromatic rings. The molecule has 0 bridgehead atoms. The van der Waals surface area contributed by atoms with Crippen molar-refractivity contribution in [2.45, 2.75) is 46.5 Å². The summed E-state index contributed by atoms with van der Waals surface area (Å²) < 4.78 is 0. The zero-order valence-corrected chi connectivity index (χ0v) is 12.6. The molecule has 1 aromatic carbocycles. The third kappa shape index (κ3) is 4.58. The van der Waals surface area contributed by atoms with Crippen LogP contribution in [0.3, 0.4) is 0 Å². The molecular weight excluding hydrogens is 238 g/mol. The van der Waals surface area contributed by atoms with E-state index < -0.39 is 5.97 Å². The van der Waals surface area contributed by atoms with Gasteiger partial charge in [0.05, 0.1) is 5.92 Å². The highest BCUT2D eigenvalue weighted by Gasteiger charge is 2.14. The van der Waals surface area contributed by atoms with Crippen molar-refractivity contribution in [2.75, 3.05) is 11.9 Å². The molecule has 0 aliphatic rings. The number of benzene rings is 1. The van der Waals surface area contributed by atoms with Crippen molar-refractivity contribution in [2.24, 2.45) is 5.92 Å². The Morgan fingerprint density at radius 1 is 1.37 bits per heavy atom. The minimum atomic E-state index is -0.735. The van der Waals surface area contributed by atoms with Crippen molar-refractivity contribution in [3.8, 4) is 0 Å². The van der Waals surface area contributed by atoms with Crippen LogP contribution in [-0.2, 0) is 10.2 Å². The van der Waals surface area contributed by atoms with Crippen molar-refractivity contribution in [1.82, 2.24) is 0 Å². The van der Waals surface area contributed by atoms with Crippen molar-refractivity contribution in [3.05, 3.63) is 29.3 Å². The van der Waals surface area contributed by atoms with Crippen LogP contribution < -0.4 is 5.32 Å². The number of aliphatic carboxylic acids is 1. The smallest absolute Gasteiger partial charge is 0.306 e. The topological polar surface area (TPSA) is 49.3 Å². The molecule has 3 heteroatoms. The normalized spacial score (nSPS) is 13.1. The molecule has 1 unspecified atom stereocenters. The predicted molar refractivity (Wildman–Crippen MR) is 79.8 cm³/mol. The second-order valence-electron chi connectivity index (χ2n) is 6.23. The fourth-order valence-electron chi connectivity index (χ4n) is 1.88. The zero-order chi connectivity index (χ0) is 14.6. The quantitative estimate of drug-likeness (QED) is 0.849. The molecule has 2 N–H and O–H groups in total. The van der Waals surface area contributed by atoms with Crippen LogP contribution in [0.4, 0.5) is 5.69 Å². The standard InChI is InChI=1S/C16H25NO2/c1-11(15(18)19)8-9-17-14-7-6-13(10-12(14)2)16(3,4)5/h6-7,10-11,17H,8-9H2,1-5H3,(H,18,19). The van der Waals surface area contributed by atoms with Gasteiger partial charge in [-0.1, -0.05) is 39.8 Å². The van der Waals surface area contributed by atoms with E-state index in [-0.39, 0.29) is 11.3 Å². The van der Waals surface area contributed by atoms with Gasteiger partial charge in [0.25, 0.3) is 0 Å². The van der Waals surface area contributed by atoms with E-state index in [1.54, 1.807) is 6.92 Å². The molecule has 0 spiro atoms. The third-order valence-electron chi connectivity index (χ3n) is 3.41. The number of hydrogen-bond acceptors (Lipinski definition) is 2. The Kier molecular flexibility index (Phi) is 4.98. The maximum Gasteiger partial charge on any atom is 0.306 e. The van der Waals surface area contributed by atoms with E-state index in [0.717, 1.165) is 5.69 Å². The minimum absolute atomic E-state index is 0.154. The van der Waals surface area contributed by atoms with Gasteiger partial charge in [-0.2, -0.15) is 0 Å². The Bertz CT molecular complexity index is 447. The van der Waals surface area contributed by atoms with Crippen LogP contribution in [0.15, 0.2) is 18.2 Å². The first-order valence-electron chi connectivity index (χ1n) is 6.79. The maximum absolute atomic E-state index is 10.7. The molecule has 0 amide bonds. The molecule has 0 fully saturated rings. The Balaban J connectivity index is 2.63. The van der Waals surface area contributed by atoms with Crippen molar-refractivity contribution >= 4 is 11.7 Å². The number of aryl methyl sites for hydroxylation is 1. The Morgan fingerprint density at radius 3 is 2.47 bits per heavy atom. The highest BCUT2D eigenvalue weighted by Crippen LogP contribution is 2.26. The lowest BCUT2D eigenvalue weighted by atomic mass is 9.86. The summed E-state index contributed by atoms with van der Waals surface area (Å²) in [6.45, 7) is 11.1. The average molecular weight is 263 g/mol. The second-order valence-corrected chi connectivity index (χ2v) is 6.23. The summed E-state index contributed by atoms with van der Waals surface area (Å²) >= 11 is 0. The van der Waals surface area contributed by atoms with Gasteiger partial charge in [0.15, 0.2) is 0 Å². The summed E-state index contributed by atoms with van der Waals surface area (Å²) in [5.41, 5.74) is 3.76. The van der Waals surface area contributed by atoms with E-state index in [0.29, 0.717) is 13.0 Å². The molecule has 1 atom stereocenters. The number of carbonyl (C=O) groups is 1. The molecule has 0 aromatic heterocycles. The summed E-state index contributed by atoms with van der Waals surface area (Å²) in [6.07, 6.45) is 0.635. The van der Waals surface area contributed by atoms with E-state index in [2.05, 4.69) is 51.2 Å². The largest absolute Gasteiger partial charge is 0.481 e. The van der Waals surface area contributed by atoms with E-state index in [1.165, 1.54) is 11.1 Å². The first kappa shape index (κ1) is 15.5. The monoisotopic (exact) mass is 263 g/mol. The van der Waals surface area contributed by atoms with Gasteiger partial charge < -0.3 is 10.4 Å². The lowest BCUT2D eigenvalue weighted by Gasteiger charge is -2.21. The number of nitrogens with one attached hydrogen (secondary N) is 1. The van der Waals surface area contributed by atoms with Crippen molar-refractivity contribution in [3.63, 3.8) is 0 Å². The first-order chi connectivity index (χ1) is 8.71. The van der Waals surface area contributed by atoms with E-state index in [1.807, 2.05) is 0 Å². The fourth-order valence-corrected chi connectivity index (χ4v) is 1.88. The van der Waals surface area contributed by atoms with Gasteiger partial charge in [-0.3, -0.25) is 4.79 Å². The molecule has 0 aliphatic heterocycles. The lowest BCUT2D eigenvalue weighted by molar-refractivity contribution is -0.141. The highest BCUT2D eigenvalue weighted by molar-refractivity contribution is 5.69. The summed E-state index contributed by atoms with van der Waals surface area (Å²) in [7, 11) is 0. The summed E-state index contributed by atoms with van der Waals surface area (Å²) in [5, 5.41) is 12.1. The van der Waals surface area contributed by atoms with E-state index in [9.17, 15) is 4.79 Å². The Morgan fingerprint density at radius 2 is 2.00 bits per heavy atom. The molecule has 0 saturated carbocycles. The summed E-state index contributed by atoms with van der Waals surface area (Å²) in [5.74, 6) is -1.04. The van der Waals surface area contributed by atoms with Crippen LogP contribution in [0.25, 0.3) is 0 Å². The SMILES string of the molecule is Cc1cc(C(C)(C)C)ccc1NCCC(C)C(=O)O. The van der Waals surface area contributed by atoms with Crippen molar-refractivity contribution < 1.29 is 9.90 Å². The van der Waals surface area contributed by atoms with Gasteiger partial charge in [-0.25, -0.2) is 0 Å². The van der Waals surface area contributed by atoms with Crippen LogP contribution in [0.2, 0.25) is 0 Å². The van der Waals surface area contributed by atoms with Crippen LogP contribution in [0, 0.1) is 12.8 Å². The molecule has 106 valence electrons. The molecule has 19 heavy (non-hydrogen) atoms. The van der Waals surface area contributed by atoms with Gasteiger partial charge in [0.1, 0.15) is 0 Å². The van der Waals surface area contributed by atoms with E-state index >= 15 is 0 Å². The predicted octanol–water partition coefficient (Wildman–Crippen LogP) is 3.82. The van der Waals surface area contributed by atoms with Gasteiger partial charge >= 0.3 is 5.97 Å². The molecule has 3 nitrogen and oxygen atoms in total. The molecule has 0 radical (unpaired) electrons. The molecule has 0 aliphatic carbocycles. The number of hydrogen-bond donors (Lipinski definition) is 2. The zero-order valence-electron chi connectivity index (χ0n) is 12.6. The van der Waals surface area contributed by atoms with Gasteiger partial charge in [-0.05, 0) is 36.0 Å². The van der Waals surface area contributed by atoms with Crippen LogP contribution in [-0.4, -0.2) is 17.6 Å². The Hall–Kier alpha value is -1.51. The van der Waals surface area contributed by atoms with Crippen LogP contribution in [0.5, 0.6) is 0 Å². The van der Waals surface area contributed by atoms with Gasteiger partial charge in [0.2, 0.25) is 0 Å². The minimum Gasteiger partial charge on any atom is -0.481 e. The van der Waals surface area contributed by atoms with Gasteiger partial charge in [-0.15, -0.1) is 0 Å². The highest BCUT2D eigenvalue weighted by atomic mass is 16.4.